The number of benzene rings is 2. The van der Waals surface area contributed by atoms with E-state index in [1.807, 2.05) is 30.3 Å². The predicted molar refractivity (Wildman–Crippen MR) is 101 cm³/mol. The van der Waals surface area contributed by atoms with Crippen LogP contribution in [0.15, 0.2) is 36.4 Å². The lowest BCUT2D eigenvalue weighted by Gasteiger charge is -2.19. The second-order valence-corrected chi connectivity index (χ2v) is 7.22. The molecule has 2 aromatic rings. The molecule has 1 aliphatic heterocycles. The number of hydrogen-bond acceptors (Lipinski definition) is 3. The van der Waals surface area contributed by atoms with Crippen LogP contribution in [-0.2, 0) is 17.6 Å². The normalized spacial score (nSPS) is 19.8. The summed E-state index contributed by atoms with van der Waals surface area (Å²) < 4.78 is 16.5. The van der Waals surface area contributed by atoms with E-state index < -0.39 is 0 Å². The van der Waals surface area contributed by atoms with E-state index in [-0.39, 0.29) is 0 Å². The van der Waals surface area contributed by atoms with Gasteiger partial charge in [0.05, 0.1) is 37.5 Å². The fourth-order valence-electron chi connectivity index (χ4n) is 3.37. The van der Waals surface area contributed by atoms with Gasteiger partial charge in [0.25, 0.3) is 0 Å². The Morgan fingerprint density at radius 2 is 1.44 bits per heavy atom. The van der Waals surface area contributed by atoms with Crippen molar-refractivity contribution in [3.8, 4) is 11.5 Å². The lowest BCUT2D eigenvalue weighted by atomic mass is 9.85. The summed E-state index contributed by atoms with van der Waals surface area (Å²) in [5.74, 6) is 2.44. The van der Waals surface area contributed by atoms with E-state index >= 15 is 0 Å². The van der Waals surface area contributed by atoms with Crippen LogP contribution in [0.3, 0.4) is 0 Å². The third kappa shape index (κ3) is 4.41. The first-order chi connectivity index (χ1) is 12.1. The molecule has 0 saturated carbocycles. The van der Waals surface area contributed by atoms with Gasteiger partial charge in [0.15, 0.2) is 11.5 Å². The van der Waals surface area contributed by atoms with Crippen molar-refractivity contribution in [1.82, 2.24) is 0 Å². The molecule has 5 heteroatoms. The summed E-state index contributed by atoms with van der Waals surface area (Å²) in [6, 6.07) is 12.0. The molecule has 2 aromatic carbocycles. The Morgan fingerprint density at radius 1 is 0.840 bits per heavy atom. The van der Waals surface area contributed by atoms with E-state index in [1.54, 1.807) is 14.2 Å². The van der Waals surface area contributed by atoms with Crippen molar-refractivity contribution < 1.29 is 14.2 Å². The fraction of sp³-hybridized carbons (Fsp3) is 0.400. The van der Waals surface area contributed by atoms with Crippen molar-refractivity contribution in [2.45, 2.75) is 12.8 Å². The van der Waals surface area contributed by atoms with Crippen LogP contribution in [0.2, 0.25) is 10.0 Å². The zero-order valence-corrected chi connectivity index (χ0v) is 15.9. The molecule has 0 amide bonds. The van der Waals surface area contributed by atoms with Crippen molar-refractivity contribution >= 4 is 23.2 Å². The van der Waals surface area contributed by atoms with Crippen molar-refractivity contribution in [3.05, 3.63) is 57.6 Å². The first-order valence-corrected chi connectivity index (χ1v) is 9.09. The van der Waals surface area contributed by atoms with E-state index in [2.05, 4.69) is 6.07 Å². The maximum atomic E-state index is 6.14. The smallest absolute Gasteiger partial charge is 0.160 e. The van der Waals surface area contributed by atoms with Gasteiger partial charge in [-0.1, -0.05) is 35.3 Å². The molecular weight excluding hydrogens is 359 g/mol. The first-order valence-electron chi connectivity index (χ1n) is 8.33. The Hall–Kier alpha value is -1.42. The molecule has 3 nitrogen and oxygen atoms in total. The second kappa shape index (κ2) is 8.31. The Labute approximate surface area is 158 Å². The molecule has 2 atom stereocenters. The van der Waals surface area contributed by atoms with E-state index in [1.165, 1.54) is 11.1 Å². The highest BCUT2D eigenvalue weighted by Gasteiger charge is 2.28. The SMILES string of the molecule is COc1ccc(C[C@H]2COC[C@@H]2Cc2ccc(Cl)c(Cl)c2)cc1OC. The number of rotatable bonds is 6. The molecule has 1 aliphatic rings. The molecule has 0 spiro atoms. The second-order valence-electron chi connectivity index (χ2n) is 6.40. The molecule has 134 valence electrons. The van der Waals surface area contributed by atoms with Crippen molar-refractivity contribution in [2.24, 2.45) is 11.8 Å². The molecule has 0 aromatic heterocycles. The monoisotopic (exact) mass is 380 g/mol. The zero-order chi connectivity index (χ0) is 17.8. The molecule has 1 heterocycles. The number of ether oxygens (including phenoxy) is 3. The lowest BCUT2D eigenvalue weighted by molar-refractivity contribution is 0.180. The number of halogens is 2. The third-order valence-electron chi connectivity index (χ3n) is 4.76. The largest absolute Gasteiger partial charge is 0.493 e. The standard InChI is InChI=1S/C20H22Cl2O3/c1-23-19-6-4-14(10-20(19)24-2)8-16-12-25-11-15(16)7-13-3-5-17(21)18(22)9-13/h3-6,9-10,15-16H,7-8,11-12H2,1-2H3/t15-,16-/m0/s1. The summed E-state index contributed by atoms with van der Waals surface area (Å²) in [4.78, 5) is 0. The van der Waals surface area contributed by atoms with Gasteiger partial charge in [0.2, 0.25) is 0 Å². The first kappa shape index (κ1) is 18.4. The minimum atomic E-state index is 0.463. The fourth-order valence-corrected chi connectivity index (χ4v) is 3.69. The molecule has 1 saturated heterocycles. The van der Waals surface area contributed by atoms with Crippen LogP contribution in [0, 0.1) is 11.8 Å². The lowest BCUT2D eigenvalue weighted by Crippen LogP contribution is -2.17. The molecule has 1 fully saturated rings. The molecule has 0 bridgehead atoms. The molecule has 0 unspecified atom stereocenters. The quantitative estimate of drug-likeness (QED) is 0.700. The summed E-state index contributed by atoms with van der Waals surface area (Å²) in [6.45, 7) is 1.55. The number of hydrogen-bond donors (Lipinski definition) is 0. The van der Waals surface area contributed by atoms with Crippen LogP contribution < -0.4 is 9.47 Å². The molecule has 3 rings (SSSR count). The van der Waals surface area contributed by atoms with Crippen molar-refractivity contribution in [3.63, 3.8) is 0 Å². The molecular formula is C20H22Cl2O3. The minimum absolute atomic E-state index is 0.463. The maximum Gasteiger partial charge on any atom is 0.160 e. The molecule has 0 aliphatic carbocycles. The zero-order valence-electron chi connectivity index (χ0n) is 14.4. The van der Waals surface area contributed by atoms with Gasteiger partial charge in [0, 0.05) is 0 Å². The van der Waals surface area contributed by atoms with Gasteiger partial charge in [-0.3, -0.25) is 0 Å². The number of methoxy groups -OCH3 is 2. The van der Waals surface area contributed by atoms with Crippen LogP contribution >= 0.6 is 23.2 Å². The summed E-state index contributed by atoms with van der Waals surface area (Å²) in [7, 11) is 3.31. The van der Waals surface area contributed by atoms with Gasteiger partial charge < -0.3 is 14.2 Å². The van der Waals surface area contributed by atoms with E-state index in [9.17, 15) is 0 Å². The Kier molecular flexibility index (Phi) is 6.10. The summed E-state index contributed by atoms with van der Waals surface area (Å²) in [5.41, 5.74) is 2.43. The highest BCUT2D eigenvalue weighted by molar-refractivity contribution is 6.42. The van der Waals surface area contributed by atoms with Gasteiger partial charge in [0.1, 0.15) is 0 Å². The van der Waals surface area contributed by atoms with E-state index in [0.29, 0.717) is 21.9 Å². The average molecular weight is 381 g/mol. The average Bonchev–Trinajstić information content (AvgIpc) is 3.04. The minimum Gasteiger partial charge on any atom is -0.493 e. The van der Waals surface area contributed by atoms with Gasteiger partial charge >= 0.3 is 0 Å². The van der Waals surface area contributed by atoms with E-state index in [4.69, 9.17) is 37.4 Å². The topological polar surface area (TPSA) is 27.7 Å². The van der Waals surface area contributed by atoms with Crippen molar-refractivity contribution in [1.29, 1.82) is 0 Å². The van der Waals surface area contributed by atoms with Crippen LogP contribution in [0.5, 0.6) is 11.5 Å². The van der Waals surface area contributed by atoms with Crippen molar-refractivity contribution in [2.75, 3.05) is 27.4 Å². The van der Waals surface area contributed by atoms with Gasteiger partial charge in [-0.15, -0.1) is 0 Å². The van der Waals surface area contributed by atoms with Gasteiger partial charge in [-0.05, 0) is 60.1 Å². The third-order valence-corrected chi connectivity index (χ3v) is 5.50. The highest BCUT2D eigenvalue weighted by Crippen LogP contribution is 2.33. The maximum absolute atomic E-state index is 6.14. The Morgan fingerprint density at radius 3 is 2.04 bits per heavy atom. The summed E-state index contributed by atoms with van der Waals surface area (Å²) in [5, 5.41) is 1.20. The van der Waals surface area contributed by atoms with Crippen LogP contribution in [-0.4, -0.2) is 27.4 Å². The van der Waals surface area contributed by atoms with Crippen LogP contribution in [0.25, 0.3) is 0 Å². The summed E-state index contributed by atoms with van der Waals surface area (Å²) in [6.07, 6.45) is 1.89. The van der Waals surface area contributed by atoms with Crippen LogP contribution in [0.1, 0.15) is 11.1 Å². The molecule has 0 radical (unpaired) electrons. The molecule has 25 heavy (non-hydrogen) atoms. The molecule has 0 N–H and O–H groups in total. The van der Waals surface area contributed by atoms with Gasteiger partial charge in [-0.25, -0.2) is 0 Å². The Balaban J connectivity index is 1.70. The summed E-state index contributed by atoms with van der Waals surface area (Å²) >= 11 is 12.1. The van der Waals surface area contributed by atoms with Crippen LogP contribution in [0.4, 0.5) is 0 Å². The van der Waals surface area contributed by atoms with Gasteiger partial charge in [-0.2, -0.15) is 0 Å². The van der Waals surface area contributed by atoms with E-state index in [0.717, 1.165) is 37.6 Å². The highest BCUT2D eigenvalue weighted by atomic mass is 35.5. The Bertz CT molecular complexity index is 733. The predicted octanol–water partition coefficient (Wildman–Crippen LogP) is 5.06.